The lowest BCUT2D eigenvalue weighted by molar-refractivity contribution is 0.841. The third-order valence-electron chi connectivity index (χ3n) is 1.06. The minimum Gasteiger partial charge on any atom is -0.290 e. The topological polar surface area (TPSA) is 12.4 Å². The lowest BCUT2D eigenvalue weighted by Crippen LogP contribution is -1.88. The first-order chi connectivity index (χ1) is 4.79. The highest BCUT2D eigenvalue weighted by atomic mass is 32.1. The maximum absolute atomic E-state index is 4.25. The summed E-state index contributed by atoms with van der Waals surface area (Å²) in [5.74, 6) is 0. The van der Waals surface area contributed by atoms with E-state index in [1.807, 2.05) is 6.21 Å². The monoisotopic (exact) mass is 153 g/mol. The van der Waals surface area contributed by atoms with E-state index in [0.29, 0.717) is 6.04 Å². The van der Waals surface area contributed by atoms with Gasteiger partial charge in [0.05, 0.1) is 0 Å². The van der Waals surface area contributed by atoms with Crippen molar-refractivity contribution in [2.24, 2.45) is 4.99 Å². The summed E-state index contributed by atoms with van der Waals surface area (Å²) in [4.78, 5) is 4.25. The molecule has 0 atom stereocenters. The van der Waals surface area contributed by atoms with E-state index >= 15 is 0 Å². The maximum Gasteiger partial charge on any atom is 0.0443 e. The molecule has 0 saturated carbocycles. The van der Waals surface area contributed by atoms with E-state index in [-0.39, 0.29) is 0 Å². The highest BCUT2D eigenvalue weighted by molar-refractivity contribution is 7.08. The SMILES string of the molecule is CC(C)/N=C/c1ccsc1. The lowest BCUT2D eigenvalue weighted by atomic mass is 10.3. The van der Waals surface area contributed by atoms with Gasteiger partial charge in [-0.1, -0.05) is 0 Å². The normalized spacial score (nSPS) is 11.5. The summed E-state index contributed by atoms with van der Waals surface area (Å²) in [5, 5.41) is 4.15. The van der Waals surface area contributed by atoms with E-state index in [2.05, 4.69) is 35.7 Å². The van der Waals surface area contributed by atoms with Crippen molar-refractivity contribution in [3.8, 4) is 0 Å². The molecule has 54 valence electrons. The molecule has 10 heavy (non-hydrogen) atoms. The molecule has 2 heteroatoms. The van der Waals surface area contributed by atoms with Gasteiger partial charge in [0.15, 0.2) is 0 Å². The molecule has 0 unspecified atom stereocenters. The number of hydrogen-bond acceptors (Lipinski definition) is 2. The summed E-state index contributed by atoms with van der Waals surface area (Å²) in [7, 11) is 0. The molecule has 0 fully saturated rings. The Kier molecular flexibility index (Phi) is 2.63. The Morgan fingerprint density at radius 3 is 2.90 bits per heavy atom. The maximum atomic E-state index is 4.25. The summed E-state index contributed by atoms with van der Waals surface area (Å²) in [6.45, 7) is 4.14. The third kappa shape index (κ3) is 2.31. The zero-order chi connectivity index (χ0) is 7.40. The number of hydrogen-bond donors (Lipinski definition) is 0. The first-order valence-electron chi connectivity index (χ1n) is 3.34. The number of aliphatic imine (C=N–C) groups is 1. The van der Waals surface area contributed by atoms with Gasteiger partial charge in [-0.2, -0.15) is 11.3 Å². The molecule has 1 aromatic heterocycles. The highest BCUT2D eigenvalue weighted by Crippen LogP contribution is 2.02. The first kappa shape index (κ1) is 7.48. The van der Waals surface area contributed by atoms with Crippen LogP contribution in [0.25, 0.3) is 0 Å². The van der Waals surface area contributed by atoms with Crippen molar-refractivity contribution in [1.82, 2.24) is 0 Å². The minimum atomic E-state index is 0.403. The van der Waals surface area contributed by atoms with Crippen LogP contribution in [0.3, 0.4) is 0 Å². The van der Waals surface area contributed by atoms with Crippen molar-refractivity contribution in [3.63, 3.8) is 0 Å². The highest BCUT2D eigenvalue weighted by Gasteiger charge is 1.86. The third-order valence-corrected chi connectivity index (χ3v) is 1.77. The molecule has 0 radical (unpaired) electrons. The van der Waals surface area contributed by atoms with Gasteiger partial charge >= 0.3 is 0 Å². The van der Waals surface area contributed by atoms with Crippen LogP contribution in [-0.4, -0.2) is 12.3 Å². The summed E-state index contributed by atoms with van der Waals surface area (Å²) < 4.78 is 0. The first-order valence-corrected chi connectivity index (χ1v) is 4.28. The van der Waals surface area contributed by atoms with Crippen molar-refractivity contribution >= 4 is 17.6 Å². The Labute approximate surface area is 65.4 Å². The van der Waals surface area contributed by atoms with Gasteiger partial charge in [-0.25, -0.2) is 0 Å². The van der Waals surface area contributed by atoms with E-state index in [1.165, 1.54) is 5.56 Å². The van der Waals surface area contributed by atoms with Crippen LogP contribution in [0.15, 0.2) is 21.8 Å². The Bertz CT molecular complexity index is 199. The fourth-order valence-corrected chi connectivity index (χ4v) is 1.19. The van der Waals surface area contributed by atoms with Crippen molar-refractivity contribution < 1.29 is 0 Å². The number of rotatable bonds is 2. The Morgan fingerprint density at radius 2 is 2.40 bits per heavy atom. The van der Waals surface area contributed by atoms with Gasteiger partial charge < -0.3 is 0 Å². The van der Waals surface area contributed by atoms with Gasteiger partial charge in [0.2, 0.25) is 0 Å². The fourth-order valence-electron chi connectivity index (χ4n) is 0.584. The molecule has 0 saturated heterocycles. The zero-order valence-corrected chi connectivity index (χ0v) is 7.06. The van der Waals surface area contributed by atoms with Crippen molar-refractivity contribution in [2.45, 2.75) is 19.9 Å². The van der Waals surface area contributed by atoms with Crippen molar-refractivity contribution in [2.75, 3.05) is 0 Å². The lowest BCUT2D eigenvalue weighted by Gasteiger charge is -1.91. The molecular formula is C8H11NS. The second kappa shape index (κ2) is 3.52. The van der Waals surface area contributed by atoms with E-state index in [1.54, 1.807) is 11.3 Å². The van der Waals surface area contributed by atoms with Crippen LogP contribution in [0, 0.1) is 0 Å². The van der Waals surface area contributed by atoms with Gasteiger partial charge in [-0.15, -0.1) is 0 Å². The summed E-state index contributed by atoms with van der Waals surface area (Å²) >= 11 is 1.70. The van der Waals surface area contributed by atoms with Gasteiger partial charge in [0.25, 0.3) is 0 Å². The minimum absolute atomic E-state index is 0.403. The molecule has 0 aromatic carbocycles. The molecule has 0 amide bonds. The number of thiophene rings is 1. The smallest absolute Gasteiger partial charge is 0.0443 e. The molecule has 0 aliphatic heterocycles. The molecule has 0 aliphatic rings. The van der Waals surface area contributed by atoms with Crippen LogP contribution in [-0.2, 0) is 0 Å². The van der Waals surface area contributed by atoms with E-state index < -0.39 is 0 Å². The molecule has 1 aromatic rings. The second-order valence-electron chi connectivity index (χ2n) is 2.43. The van der Waals surface area contributed by atoms with Crippen LogP contribution in [0.1, 0.15) is 19.4 Å². The summed E-state index contributed by atoms with van der Waals surface area (Å²) in [5.41, 5.74) is 1.21. The van der Waals surface area contributed by atoms with Crippen LogP contribution in [0.5, 0.6) is 0 Å². The molecule has 1 heterocycles. The van der Waals surface area contributed by atoms with Crippen molar-refractivity contribution in [3.05, 3.63) is 22.4 Å². The Balaban J connectivity index is 2.55. The molecular weight excluding hydrogens is 142 g/mol. The Hall–Kier alpha value is -0.630. The average Bonchev–Trinajstić information content (AvgIpc) is 2.34. The molecule has 1 rings (SSSR count). The van der Waals surface area contributed by atoms with Crippen LogP contribution in [0.2, 0.25) is 0 Å². The molecule has 0 spiro atoms. The van der Waals surface area contributed by atoms with Crippen LogP contribution >= 0.6 is 11.3 Å². The fraction of sp³-hybridized carbons (Fsp3) is 0.375. The van der Waals surface area contributed by atoms with E-state index in [9.17, 15) is 0 Å². The van der Waals surface area contributed by atoms with E-state index in [0.717, 1.165) is 0 Å². The number of nitrogens with zero attached hydrogens (tertiary/aromatic N) is 1. The van der Waals surface area contributed by atoms with Crippen LogP contribution in [0.4, 0.5) is 0 Å². The van der Waals surface area contributed by atoms with Gasteiger partial charge in [-0.3, -0.25) is 4.99 Å². The second-order valence-corrected chi connectivity index (χ2v) is 3.21. The molecule has 0 N–H and O–H groups in total. The van der Waals surface area contributed by atoms with Gasteiger partial charge in [0.1, 0.15) is 0 Å². The largest absolute Gasteiger partial charge is 0.290 e. The van der Waals surface area contributed by atoms with Gasteiger partial charge in [0, 0.05) is 17.8 Å². The van der Waals surface area contributed by atoms with Crippen molar-refractivity contribution in [1.29, 1.82) is 0 Å². The molecule has 0 aliphatic carbocycles. The standard InChI is InChI=1S/C8H11NS/c1-7(2)9-5-8-3-4-10-6-8/h3-7H,1-2H3/b9-5+. The summed E-state index contributed by atoms with van der Waals surface area (Å²) in [6.07, 6.45) is 1.92. The van der Waals surface area contributed by atoms with E-state index in [4.69, 9.17) is 0 Å². The zero-order valence-electron chi connectivity index (χ0n) is 6.24. The van der Waals surface area contributed by atoms with Gasteiger partial charge in [-0.05, 0) is 30.7 Å². The predicted octanol–water partition coefficient (Wildman–Crippen LogP) is 2.58. The molecule has 0 bridgehead atoms. The quantitative estimate of drug-likeness (QED) is 0.579. The summed E-state index contributed by atoms with van der Waals surface area (Å²) in [6, 6.07) is 2.47. The predicted molar refractivity (Wildman–Crippen MR) is 47.0 cm³/mol. The molecule has 1 nitrogen and oxygen atoms in total. The average molecular weight is 153 g/mol. The van der Waals surface area contributed by atoms with Crippen LogP contribution < -0.4 is 0 Å². The Morgan fingerprint density at radius 1 is 1.60 bits per heavy atom.